The first-order valence-corrected chi connectivity index (χ1v) is 10.0. The summed E-state index contributed by atoms with van der Waals surface area (Å²) in [6, 6.07) is 14.9. The Morgan fingerprint density at radius 3 is 2.25 bits per heavy atom. The van der Waals surface area contributed by atoms with E-state index in [-0.39, 0.29) is 11.7 Å². The summed E-state index contributed by atoms with van der Waals surface area (Å²) in [6.07, 6.45) is 3.60. The summed E-state index contributed by atoms with van der Waals surface area (Å²) in [4.78, 5) is 26.5. The molecule has 148 valence electrons. The number of nitrogens with zero attached hydrogens (tertiary/aromatic N) is 1. The van der Waals surface area contributed by atoms with Crippen LogP contribution in [0.4, 0.5) is 11.4 Å². The van der Waals surface area contributed by atoms with Crippen LogP contribution in [0.25, 0.3) is 0 Å². The molecule has 0 unspecified atom stereocenters. The maximum Gasteiger partial charge on any atom is 0.265 e. The molecule has 28 heavy (non-hydrogen) atoms. The van der Waals surface area contributed by atoms with Gasteiger partial charge >= 0.3 is 0 Å². The van der Waals surface area contributed by atoms with Gasteiger partial charge in [-0.3, -0.25) is 9.59 Å². The summed E-state index contributed by atoms with van der Waals surface area (Å²) >= 11 is 0. The monoisotopic (exact) mass is 380 g/mol. The standard InChI is InChI=1S/C23H28N2O3/c1-3-22(26)18-7-13-21(14-8-18)28-17(2)23(27)24-19-9-11-20(12-10-19)25-15-5-4-6-16-25/h7-14,17H,3-6,15-16H2,1-2H3,(H,24,27)/t17-/m0/s1. The zero-order valence-electron chi connectivity index (χ0n) is 16.6. The molecule has 2 aromatic rings. The van der Waals surface area contributed by atoms with E-state index < -0.39 is 6.10 Å². The van der Waals surface area contributed by atoms with Gasteiger partial charge in [0.15, 0.2) is 11.9 Å². The first-order valence-electron chi connectivity index (χ1n) is 10.0. The molecule has 1 N–H and O–H groups in total. The van der Waals surface area contributed by atoms with E-state index >= 15 is 0 Å². The third-order valence-electron chi connectivity index (χ3n) is 5.04. The first kappa shape index (κ1) is 19.9. The van der Waals surface area contributed by atoms with Crippen molar-refractivity contribution >= 4 is 23.1 Å². The molecule has 1 atom stereocenters. The van der Waals surface area contributed by atoms with Crippen LogP contribution in [0.15, 0.2) is 48.5 Å². The Kier molecular flexibility index (Phi) is 6.69. The van der Waals surface area contributed by atoms with Crippen LogP contribution in [0.2, 0.25) is 0 Å². The van der Waals surface area contributed by atoms with Crippen molar-refractivity contribution in [2.24, 2.45) is 0 Å². The molecule has 1 amide bonds. The van der Waals surface area contributed by atoms with E-state index in [1.54, 1.807) is 31.2 Å². The van der Waals surface area contributed by atoms with E-state index in [2.05, 4.69) is 22.3 Å². The molecule has 1 saturated heterocycles. The number of hydrogen-bond donors (Lipinski definition) is 1. The van der Waals surface area contributed by atoms with Gasteiger partial charge in [-0.05, 0) is 74.7 Å². The Bertz CT molecular complexity index is 794. The topological polar surface area (TPSA) is 58.6 Å². The average molecular weight is 380 g/mol. The van der Waals surface area contributed by atoms with Crippen LogP contribution in [-0.4, -0.2) is 30.9 Å². The van der Waals surface area contributed by atoms with Gasteiger partial charge in [-0.15, -0.1) is 0 Å². The fraction of sp³-hybridized carbons (Fsp3) is 0.391. The second-order valence-electron chi connectivity index (χ2n) is 7.15. The number of carbonyl (C=O) groups is 2. The van der Waals surface area contributed by atoms with Gasteiger partial charge < -0.3 is 15.0 Å². The summed E-state index contributed by atoms with van der Waals surface area (Å²) in [5, 5.41) is 2.89. The van der Waals surface area contributed by atoms with Crippen molar-refractivity contribution in [1.29, 1.82) is 0 Å². The highest BCUT2D eigenvalue weighted by Gasteiger charge is 2.16. The van der Waals surface area contributed by atoms with E-state index in [1.807, 2.05) is 19.1 Å². The van der Waals surface area contributed by atoms with Gasteiger partial charge in [0.25, 0.3) is 5.91 Å². The molecule has 1 heterocycles. The Morgan fingerprint density at radius 1 is 1.00 bits per heavy atom. The second-order valence-corrected chi connectivity index (χ2v) is 7.15. The molecular formula is C23H28N2O3. The summed E-state index contributed by atoms with van der Waals surface area (Å²) in [6.45, 7) is 5.74. The molecule has 0 bridgehead atoms. The number of rotatable bonds is 7. The highest BCUT2D eigenvalue weighted by Crippen LogP contribution is 2.22. The third kappa shape index (κ3) is 5.12. The molecule has 0 saturated carbocycles. The molecule has 1 aliphatic heterocycles. The maximum atomic E-state index is 12.4. The zero-order valence-corrected chi connectivity index (χ0v) is 16.6. The minimum absolute atomic E-state index is 0.0883. The number of carbonyl (C=O) groups excluding carboxylic acids is 2. The van der Waals surface area contributed by atoms with E-state index in [4.69, 9.17) is 4.74 Å². The fourth-order valence-electron chi connectivity index (χ4n) is 3.33. The number of benzene rings is 2. The van der Waals surface area contributed by atoms with Crippen LogP contribution >= 0.6 is 0 Å². The van der Waals surface area contributed by atoms with E-state index in [9.17, 15) is 9.59 Å². The second kappa shape index (κ2) is 9.40. The van der Waals surface area contributed by atoms with Crippen molar-refractivity contribution in [3.05, 3.63) is 54.1 Å². The summed E-state index contributed by atoms with van der Waals surface area (Å²) < 4.78 is 5.70. The predicted molar refractivity (Wildman–Crippen MR) is 112 cm³/mol. The molecule has 0 aromatic heterocycles. The maximum absolute atomic E-state index is 12.4. The van der Waals surface area contributed by atoms with Gasteiger partial charge in [0.2, 0.25) is 0 Å². The number of ether oxygens (including phenoxy) is 1. The summed E-state index contributed by atoms with van der Waals surface area (Å²) in [5.74, 6) is 0.445. The molecule has 0 aliphatic carbocycles. The number of piperidine rings is 1. The van der Waals surface area contributed by atoms with Crippen molar-refractivity contribution in [2.75, 3.05) is 23.3 Å². The van der Waals surface area contributed by atoms with Gasteiger partial charge in [0.05, 0.1) is 0 Å². The summed E-state index contributed by atoms with van der Waals surface area (Å²) in [7, 11) is 0. The zero-order chi connectivity index (χ0) is 19.9. The smallest absolute Gasteiger partial charge is 0.265 e. The molecule has 3 rings (SSSR count). The molecule has 5 heteroatoms. The minimum Gasteiger partial charge on any atom is -0.481 e. The lowest BCUT2D eigenvalue weighted by atomic mass is 10.1. The Balaban J connectivity index is 1.54. The van der Waals surface area contributed by atoms with Crippen LogP contribution in [0.1, 0.15) is 49.9 Å². The number of amides is 1. The Morgan fingerprint density at radius 2 is 1.64 bits per heavy atom. The van der Waals surface area contributed by atoms with Gasteiger partial charge in [0.1, 0.15) is 5.75 Å². The average Bonchev–Trinajstić information content (AvgIpc) is 2.75. The van der Waals surface area contributed by atoms with Gasteiger partial charge in [0, 0.05) is 36.4 Å². The third-order valence-corrected chi connectivity index (χ3v) is 5.04. The van der Waals surface area contributed by atoms with Crippen molar-refractivity contribution in [3.8, 4) is 5.75 Å². The number of Topliss-reactive ketones (excluding diaryl/α,β-unsaturated/α-hetero) is 1. The van der Waals surface area contributed by atoms with Gasteiger partial charge in [-0.25, -0.2) is 0 Å². The molecule has 2 aromatic carbocycles. The fourth-order valence-corrected chi connectivity index (χ4v) is 3.33. The highest BCUT2D eigenvalue weighted by molar-refractivity contribution is 5.96. The van der Waals surface area contributed by atoms with Gasteiger partial charge in [-0.1, -0.05) is 6.92 Å². The van der Waals surface area contributed by atoms with E-state index in [0.717, 1.165) is 18.8 Å². The normalized spacial score (nSPS) is 15.0. The molecule has 1 fully saturated rings. The predicted octanol–water partition coefficient (Wildman–Crippen LogP) is 4.68. The van der Waals surface area contributed by atoms with Crippen molar-refractivity contribution in [1.82, 2.24) is 0 Å². The van der Waals surface area contributed by atoms with Crippen LogP contribution in [-0.2, 0) is 4.79 Å². The molecule has 0 radical (unpaired) electrons. The lowest BCUT2D eigenvalue weighted by Crippen LogP contribution is -2.30. The first-order chi connectivity index (χ1) is 13.6. The van der Waals surface area contributed by atoms with E-state index in [0.29, 0.717) is 17.7 Å². The van der Waals surface area contributed by atoms with Crippen LogP contribution < -0.4 is 15.0 Å². The molecule has 5 nitrogen and oxygen atoms in total. The molecular weight excluding hydrogens is 352 g/mol. The Hall–Kier alpha value is -2.82. The quantitative estimate of drug-likeness (QED) is 0.709. The largest absolute Gasteiger partial charge is 0.481 e. The van der Waals surface area contributed by atoms with Crippen molar-refractivity contribution in [2.45, 2.75) is 45.6 Å². The Labute approximate surface area is 166 Å². The highest BCUT2D eigenvalue weighted by atomic mass is 16.5. The van der Waals surface area contributed by atoms with Crippen LogP contribution in [0, 0.1) is 0 Å². The lowest BCUT2D eigenvalue weighted by molar-refractivity contribution is -0.122. The van der Waals surface area contributed by atoms with Crippen LogP contribution in [0.3, 0.4) is 0 Å². The molecule has 0 spiro atoms. The van der Waals surface area contributed by atoms with Crippen molar-refractivity contribution in [3.63, 3.8) is 0 Å². The number of hydrogen-bond acceptors (Lipinski definition) is 4. The number of ketones is 1. The van der Waals surface area contributed by atoms with E-state index in [1.165, 1.54) is 24.9 Å². The van der Waals surface area contributed by atoms with Crippen LogP contribution in [0.5, 0.6) is 5.75 Å². The minimum atomic E-state index is -0.644. The SMILES string of the molecule is CCC(=O)c1ccc(O[C@@H](C)C(=O)Nc2ccc(N3CCCCC3)cc2)cc1. The lowest BCUT2D eigenvalue weighted by Gasteiger charge is -2.28. The molecule has 1 aliphatic rings. The van der Waals surface area contributed by atoms with Crippen molar-refractivity contribution < 1.29 is 14.3 Å². The van der Waals surface area contributed by atoms with Gasteiger partial charge in [-0.2, -0.15) is 0 Å². The number of nitrogens with one attached hydrogen (secondary N) is 1. The number of anilines is 2. The summed E-state index contributed by atoms with van der Waals surface area (Å²) in [5.41, 5.74) is 2.61.